The number of benzene rings is 3. The number of amides is 1. The summed E-state index contributed by atoms with van der Waals surface area (Å²) in [7, 11) is 1.54. The first kappa shape index (κ1) is 21.5. The van der Waals surface area contributed by atoms with Crippen LogP contribution in [-0.2, 0) is 11.3 Å². The van der Waals surface area contributed by atoms with E-state index >= 15 is 0 Å². The number of carbonyl (C=O) groups is 1. The van der Waals surface area contributed by atoms with Gasteiger partial charge in [0, 0.05) is 22.9 Å². The molecule has 3 aromatic carbocycles. The maximum absolute atomic E-state index is 12.9. The Hall–Kier alpha value is -3.25. The normalized spacial score (nSPS) is 10.4. The highest BCUT2D eigenvalue weighted by Gasteiger charge is 2.09. The minimum Gasteiger partial charge on any atom is -0.493 e. The van der Waals surface area contributed by atoms with E-state index in [1.54, 1.807) is 6.07 Å². The van der Waals surface area contributed by atoms with Crippen LogP contribution in [0.25, 0.3) is 0 Å². The van der Waals surface area contributed by atoms with Crippen molar-refractivity contribution < 1.29 is 18.7 Å². The van der Waals surface area contributed by atoms with Crippen molar-refractivity contribution in [2.24, 2.45) is 0 Å². The molecule has 0 saturated heterocycles. The number of carbonyl (C=O) groups excluding carboxylic acids is 1. The lowest BCUT2D eigenvalue weighted by Gasteiger charge is -2.13. The topological polar surface area (TPSA) is 59.6 Å². The summed E-state index contributed by atoms with van der Waals surface area (Å²) in [5.74, 6) is 0.249. The number of hydrogen-bond donors (Lipinski definition) is 2. The average Bonchev–Trinajstić information content (AvgIpc) is 2.75. The molecule has 30 heavy (non-hydrogen) atoms. The second kappa shape index (κ2) is 9.98. The minimum atomic E-state index is -0.367. The van der Waals surface area contributed by atoms with Crippen molar-refractivity contribution in [2.45, 2.75) is 13.5 Å². The summed E-state index contributed by atoms with van der Waals surface area (Å²) >= 11 is 6.16. The van der Waals surface area contributed by atoms with Crippen LogP contribution in [0.3, 0.4) is 0 Å². The molecular formula is C23H22ClFN2O3. The van der Waals surface area contributed by atoms with E-state index in [1.165, 1.54) is 31.4 Å². The van der Waals surface area contributed by atoms with Crippen molar-refractivity contribution in [2.75, 3.05) is 24.4 Å². The van der Waals surface area contributed by atoms with Gasteiger partial charge in [-0.05, 0) is 66.6 Å². The number of halogens is 2. The number of aryl methyl sites for hydroxylation is 1. The van der Waals surface area contributed by atoms with Crippen LogP contribution in [0.4, 0.5) is 15.8 Å². The van der Waals surface area contributed by atoms with E-state index in [4.69, 9.17) is 21.1 Å². The molecule has 0 aromatic heterocycles. The molecule has 3 rings (SSSR count). The SMILES string of the molecule is COc1cc(CNc2ccc(C)c(Cl)c2)ccc1OCC(=O)Nc1ccc(F)cc1. The number of hydrogen-bond acceptors (Lipinski definition) is 4. The smallest absolute Gasteiger partial charge is 0.262 e. The number of ether oxygens (including phenoxy) is 2. The van der Waals surface area contributed by atoms with Gasteiger partial charge >= 0.3 is 0 Å². The van der Waals surface area contributed by atoms with Gasteiger partial charge < -0.3 is 20.1 Å². The Labute approximate surface area is 179 Å². The minimum absolute atomic E-state index is 0.201. The summed E-state index contributed by atoms with van der Waals surface area (Å²) in [5, 5.41) is 6.66. The van der Waals surface area contributed by atoms with Crippen LogP contribution in [0.5, 0.6) is 11.5 Å². The Kier molecular flexibility index (Phi) is 7.14. The van der Waals surface area contributed by atoms with Gasteiger partial charge in [0.2, 0.25) is 0 Å². The van der Waals surface area contributed by atoms with Crippen LogP contribution >= 0.6 is 11.6 Å². The van der Waals surface area contributed by atoms with Crippen LogP contribution in [0, 0.1) is 12.7 Å². The van der Waals surface area contributed by atoms with Gasteiger partial charge in [-0.15, -0.1) is 0 Å². The number of nitrogens with one attached hydrogen (secondary N) is 2. The molecule has 0 bridgehead atoms. The first-order valence-electron chi connectivity index (χ1n) is 9.30. The molecule has 0 unspecified atom stereocenters. The average molecular weight is 429 g/mol. The molecule has 0 fully saturated rings. The molecule has 0 aliphatic rings. The molecule has 0 saturated carbocycles. The zero-order valence-electron chi connectivity index (χ0n) is 16.7. The van der Waals surface area contributed by atoms with Gasteiger partial charge in [-0.25, -0.2) is 4.39 Å². The molecule has 0 aliphatic carbocycles. The summed E-state index contributed by atoms with van der Waals surface area (Å²) in [6, 6.07) is 16.8. The van der Waals surface area contributed by atoms with E-state index in [2.05, 4.69) is 10.6 Å². The number of rotatable bonds is 8. The standard InChI is InChI=1S/C23H22ClFN2O3/c1-15-3-7-19(12-20(15)24)26-13-16-4-10-21(22(11-16)29-2)30-14-23(28)27-18-8-5-17(25)6-9-18/h3-12,26H,13-14H2,1-2H3,(H,27,28). The third kappa shape index (κ3) is 5.87. The lowest BCUT2D eigenvalue weighted by atomic mass is 10.2. The Bertz CT molecular complexity index is 1030. The van der Waals surface area contributed by atoms with Crippen molar-refractivity contribution in [1.29, 1.82) is 0 Å². The Morgan fingerprint density at radius 1 is 1.00 bits per heavy atom. The third-order valence-corrected chi connectivity index (χ3v) is 4.79. The predicted octanol–water partition coefficient (Wildman–Crippen LogP) is 5.43. The number of anilines is 2. The summed E-state index contributed by atoms with van der Waals surface area (Å²) in [5.41, 5.74) is 3.41. The van der Waals surface area contributed by atoms with E-state index in [1.807, 2.05) is 37.3 Å². The van der Waals surface area contributed by atoms with E-state index in [0.29, 0.717) is 28.8 Å². The lowest BCUT2D eigenvalue weighted by Crippen LogP contribution is -2.20. The first-order valence-corrected chi connectivity index (χ1v) is 9.67. The highest BCUT2D eigenvalue weighted by molar-refractivity contribution is 6.31. The van der Waals surface area contributed by atoms with Crippen LogP contribution in [0.2, 0.25) is 5.02 Å². The van der Waals surface area contributed by atoms with E-state index < -0.39 is 0 Å². The van der Waals surface area contributed by atoms with E-state index in [0.717, 1.165) is 16.8 Å². The maximum atomic E-state index is 12.9. The molecule has 5 nitrogen and oxygen atoms in total. The van der Waals surface area contributed by atoms with Gasteiger partial charge in [0.25, 0.3) is 5.91 Å². The molecule has 0 atom stereocenters. The molecule has 156 valence electrons. The molecular weight excluding hydrogens is 407 g/mol. The van der Waals surface area contributed by atoms with Gasteiger partial charge in [0.05, 0.1) is 7.11 Å². The maximum Gasteiger partial charge on any atom is 0.262 e. The lowest BCUT2D eigenvalue weighted by molar-refractivity contribution is -0.118. The van der Waals surface area contributed by atoms with Crippen molar-refractivity contribution >= 4 is 28.9 Å². The number of methoxy groups -OCH3 is 1. The van der Waals surface area contributed by atoms with E-state index in [9.17, 15) is 9.18 Å². The van der Waals surface area contributed by atoms with Crippen molar-refractivity contribution in [3.8, 4) is 11.5 Å². The largest absolute Gasteiger partial charge is 0.493 e. The van der Waals surface area contributed by atoms with Gasteiger partial charge in [-0.3, -0.25) is 4.79 Å². The van der Waals surface area contributed by atoms with Gasteiger partial charge in [0.1, 0.15) is 5.82 Å². The summed E-state index contributed by atoms with van der Waals surface area (Å²) in [4.78, 5) is 12.1. The monoisotopic (exact) mass is 428 g/mol. The van der Waals surface area contributed by atoms with Crippen LogP contribution < -0.4 is 20.1 Å². The molecule has 7 heteroatoms. The van der Waals surface area contributed by atoms with Gasteiger partial charge in [-0.1, -0.05) is 23.7 Å². The Balaban J connectivity index is 1.57. The third-order valence-electron chi connectivity index (χ3n) is 4.38. The van der Waals surface area contributed by atoms with Crippen molar-refractivity contribution in [3.05, 3.63) is 82.6 Å². The van der Waals surface area contributed by atoms with E-state index in [-0.39, 0.29) is 18.3 Å². The zero-order chi connectivity index (χ0) is 21.5. The fraction of sp³-hybridized carbons (Fsp3) is 0.174. The molecule has 0 heterocycles. The zero-order valence-corrected chi connectivity index (χ0v) is 17.4. The van der Waals surface area contributed by atoms with Crippen molar-refractivity contribution in [1.82, 2.24) is 0 Å². The predicted molar refractivity (Wildman–Crippen MR) is 117 cm³/mol. The second-order valence-electron chi connectivity index (χ2n) is 6.65. The molecule has 3 aromatic rings. The Morgan fingerprint density at radius 2 is 1.73 bits per heavy atom. The first-order chi connectivity index (χ1) is 14.4. The molecule has 0 spiro atoms. The molecule has 0 aliphatic heterocycles. The van der Waals surface area contributed by atoms with Gasteiger partial charge in [-0.2, -0.15) is 0 Å². The fourth-order valence-corrected chi connectivity index (χ4v) is 2.90. The Morgan fingerprint density at radius 3 is 2.43 bits per heavy atom. The van der Waals surface area contributed by atoms with Crippen LogP contribution in [-0.4, -0.2) is 19.6 Å². The summed E-state index contributed by atoms with van der Waals surface area (Å²) < 4.78 is 23.9. The molecule has 2 N–H and O–H groups in total. The second-order valence-corrected chi connectivity index (χ2v) is 7.05. The fourth-order valence-electron chi connectivity index (χ4n) is 2.72. The quantitative estimate of drug-likeness (QED) is 0.502. The summed E-state index contributed by atoms with van der Waals surface area (Å²) in [6.07, 6.45) is 0. The highest BCUT2D eigenvalue weighted by Crippen LogP contribution is 2.29. The van der Waals surface area contributed by atoms with Crippen LogP contribution in [0.1, 0.15) is 11.1 Å². The van der Waals surface area contributed by atoms with Gasteiger partial charge in [0.15, 0.2) is 18.1 Å². The van der Waals surface area contributed by atoms with Crippen molar-refractivity contribution in [3.63, 3.8) is 0 Å². The molecule has 1 amide bonds. The molecule has 0 radical (unpaired) electrons. The highest BCUT2D eigenvalue weighted by atomic mass is 35.5. The van der Waals surface area contributed by atoms with Crippen LogP contribution in [0.15, 0.2) is 60.7 Å². The summed E-state index contributed by atoms with van der Waals surface area (Å²) in [6.45, 7) is 2.32.